The average Bonchev–Trinajstić information content (AvgIpc) is 0.880. The number of aliphatic hydroxyl groups is 2. The van der Waals surface area contributed by atoms with Crippen molar-refractivity contribution in [3.05, 3.63) is 89.1 Å². The van der Waals surface area contributed by atoms with Crippen LogP contribution in [0.3, 0.4) is 0 Å². The number of hydrogen-bond acceptors (Lipinski definition) is 23. The quantitative estimate of drug-likeness (QED) is 0.0167. The van der Waals surface area contributed by atoms with E-state index < -0.39 is 214 Å². The Hall–Kier alpha value is -7.81. The number of nitrogens with one attached hydrogen (secondary N) is 13. The molecule has 0 radical (unpaired) electrons. The van der Waals surface area contributed by atoms with Gasteiger partial charge in [-0.1, -0.05) is 81.3 Å². The van der Waals surface area contributed by atoms with E-state index in [1.54, 1.807) is 82.4 Å². The molecule has 3 aromatic rings. The van der Waals surface area contributed by atoms with Crippen LogP contribution in [0.1, 0.15) is 101 Å². The van der Waals surface area contributed by atoms with E-state index in [1.807, 2.05) is 0 Å². The van der Waals surface area contributed by atoms with Crippen molar-refractivity contribution in [1.82, 2.24) is 74.1 Å². The van der Waals surface area contributed by atoms with Gasteiger partial charge in [-0.3, -0.25) is 66.8 Å². The Morgan fingerprint density at radius 2 is 1.26 bits per heavy atom. The Morgan fingerprint density at radius 1 is 0.667 bits per heavy atom. The first-order valence-electron chi connectivity index (χ1n) is 33.7. The molecule has 8 amide bonds. The molecule has 0 aliphatic carbocycles. The summed E-state index contributed by atoms with van der Waals surface area (Å²) in [7, 11) is -6.10. The third kappa shape index (κ3) is 30.6. The monoisotopic (exact) mass is 1490 g/mol. The standard InChI is InChI=1S/C66H99ClN14O19S2/c1-7-39(3)47-34-57(86)53(29-41-13-10-9-11-14-41)79-64(92)48(19-23-68-5)77-63(91)51(22-28-74-66(94)58(40(4)83)81-65(93)50(21-26-72-38-102(98,99)100)78-62(90)49(76-61(47)89)20-25-70-8-2)75-60(88)45(35-69-6)33-56(85)54(36-82)80-59(87)44(17-24-71-37-101(95,96)97)32-55(84)43-18-27-73-52(31-43)42-15-12-16-46(67)30-42/h9-16,18,27,30-31,39-40,44-45,47-51,53-54,58,68-72,82-83H,7-8,17,19-26,28-29,32-38H2,1-6H3,(H,74,94)(H,75,88)(H,76,89)(H,77,91)(H,78,90)(H,79,92)(H,80,87)(H,81,93)(H,95,96,97)(H,98,99,100)/t39-,40+,44+,45-,47-,48-,49-,50-,51-,53+,54-,58-/m0/s1. The number of aliphatic hydroxyl groups excluding tert-OH is 2. The summed E-state index contributed by atoms with van der Waals surface area (Å²) >= 11 is 6.19. The van der Waals surface area contributed by atoms with Crippen molar-refractivity contribution >= 4 is 96.4 Å². The second kappa shape index (κ2) is 44.0. The number of ketones is 3. The molecule has 1 saturated heterocycles. The highest BCUT2D eigenvalue weighted by atomic mass is 35.5. The molecule has 0 unspecified atom stereocenters. The van der Waals surface area contributed by atoms with E-state index in [0.717, 1.165) is 6.92 Å². The van der Waals surface area contributed by atoms with Gasteiger partial charge >= 0.3 is 0 Å². The van der Waals surface area contributed by atoms with Crippen molar-refractivity contribution < 1.29 is 88.9 Å². The molecule has 2 heterocycles. The van der Waals surface area contributed by atoms with E-state index in [1.165, 1.54) is 25.4 Å². The number of amides is 8. The molecular weight excluding hydrogens is 1390 g/mol. The SMILES string of the molecule is CCNCC[C@@H]1NC(=O)[C@H]([C@@H](C)CC)CC(=O)[C@@H](Cc2ccccc2)NC(=O)[C@H](CCNC)NC(=O)[C@@H](NC(=O)[C@H](CNC)CC(=O)[C@H](CO)NC(=O)[C@H](CCNCS(=O)(=O)O)CC(=O)c2ccnc(-c3cccc(Cl)c3)c2)CCNC(=O)[C@H]([C@@H](C)O)NC(=O)[C@H](CCNCS(=O)(=O)O)NC1=O. The molecule has 17 N–H and O–H groups in total. The molecule has 0 spiro atoms. The summed E-state index contributed by atoms with van der Waals surface area (Å²) in [5.41, 5.74) is 1.66. The van der Waals surface area contributed by atoms with Gasteiger partial charge in [-0.25, -0.2) is 0 Å². The number of carbonyl (C=O) groups is 11. The van der Waals surface area contributed by atoms with Gasteiger partial charge in [0.15, 0.2) is 17.3 Å². The van der Waals surface area contributed by atoms with Crippen LogP contribution >= 0.6 is 11.6 Å². The summed E-state index contributed by atoms with van der Waals surface area (Å²) in [6, 6.07) is 7.02. The summed E-state index contributed by atoms with van der Waals surface area (Å²) in [5, 5.41) is 56.4. The van der Waals surface area contributed by atoms with Gasteiger partial charge in [-0.05, 0) is 128 Å². The topological polar surface area (TPSA) is 506 Å². The molecule has 1 aliphatic heterocycles. The number of pyridine rings is 1. The fourth-order valence-electron chi connectivity index (χ4n) is 11.0. The van der Waals surface area contributed by atoms with Crippen LogP contribution in [0.15, 0.2) is 72.9 Å². The van der Waals surface area contributed by atoms with Gasteiger partial charge < -0.3 is 79.3 Å². The maximum absolute atomic E-state index is 14.9. The van der Waals surface area contributed by atoms with Gasteiger partial charge in [-0.2, -0.15) is 16.8 Å². The van der Waals surface area contributed by atoms with Crippen LogP contribution in [0.5, 0.6) is 0 Å². The normalized spacial score (nSPS) is 21.1. The lowest BCUT2D eigenvalue weighted by Crippen LogP contribution is -2.60. The number of Topliss-reactive ketones (excluding diaryl/α,β-unsaturated/α-hetero) is 3. The first-order chi connectivity index (χ1) is 48.3. The van der Waals surface area contributed by atoms with Crippen molar-refractivity contribution in [3.8, 4) is 11.3 Å². The van der Waals surface area contributed by atoms with Gasteiger partial charge in [0.1, 0.15) is 48.0 Å². The summed E-state index contributed by atoms with van der Waals surface area (Å²) in [4.78, 5) is 163. The molecule has 102 heavy (non-hydrogen) atoms. The van der Waals surface area contributed by atoms with Crippen LogP contribution in [0.2, 0.25) is 5.02 Å². The summed E-state index contributed by atoms with van der Waals surface area (Å²) in [5.74, 6) is -16.0. The second-order valence-electron chi connectivity index (χ2n) is 25.0. The van der Waals surface area contributed by atoms with Gasteiger partial charge in [0, 0.05) is 66.5 Å². The molecule has 2 aromatic carbocycles. The second-order valence-corrected chi connectivity index (χ2v) is 28.3. The van der Waals surface area contributed by atoms with Crippen molar-refractivity contribution in [2.45, 2.75) is 140 Å². The smallest absolute Gasteiger partial charge is 0.278 e. The molecule has 33 nitrogen and oxygen atoms in total. The lowest BCUT2D eigenvalue weighted by Gasteiger charge is -2.29. The third-order valence-electron chi connectivity index (χ3n) is 17.0. The number of carbonyl (C=O) groups excluding carboxylic acids is 11. The first kappa shape index (κ1) is 86.6. The highest BCUT2D eigenvalue weighted by molar-refractivity contribution is 7.85. The average molecular weight is 1490 g/mol. The van der Waals surface area contributed by atoms with Crippen LogP contribution in [0.4, 0.5) is 0 Å². The van der Waals surface area contributed by atoms with Crippen LogP contribution in [-0.4, -0.2) is 232 Å². The lowest BCUT2D eigenvalue weighted by molar-refractivity contribution is -0.137. The van der Waals surface area contributed by atoms with E-state index in [2.05, 4.69) is 74.1 Å². The molecule has 0 bridgehead atoms. The number of hydrogen-bond donors (Lipinski definition) is 17. The zero-order valence-electron chi connectivity index (χ0n) is 58.1. The highest BCUT2D eigenvalue weighted by Gasteiger charge is 2.38. The predicted molar refractivity (Wildman–Crippen MR) is 377 cm³/mol. The van der Waals surface area contributed by atoms with Crippen LogP contribution in [-0.2, 0) is 74.6 Å². The third-order valence-corrected chi connectivity index (χ3v) is 18.3. The molecule has 566 valence electrons. The predicted octanol–water partition coefficient (Wildman–Crippen LogP) is -2.20. The Labute approximate surface area is 599 Å². The van der Waals surface area contributed by atoms with Gasteiger partial charge in [0.2, 0.25) is 47.3 Å². The summed E-state index contributed by atoms with van der Waals surface area (Å²) in [6.07, 6.45) is -3.13. The van der Waals surface area contributed by atoms with Crippen molar-refractivity contribution in [2.24, 2.45) is 23.7 Å². The molecule has 12 atom stereocenters. The van der Waals surface area contributed by atoms with E-state index >= 15 is 0 Å². The fourth-order valence-corrected chi connectivity index (χ4v) is 12.0. The van der Waals surface area contributed by atoms with Gasteiger partial charge in [0.05, 0.1) is 30.4 Å². The zero-order valence-corrected chi connectivity index (χ0v) is 60.4. The van der Waals surface area contributed by atoms with E-state index in [4.69, 9.17) is 11.6 Å². The van der Waals surface area contributed by atoms with E-state index in [0.29, 0.717) is 34.8 Å². The minimum absolute atomic E-state index is 0.0605. The van der Waals surface area contributed by atoms with Crippen LogP contribution in [0, 0.1) is 23.7 Å². The Kier molecular flexibility index (Phi) is 37.3. The van der Waals surface area contributed by atoms with Crippen molar-refractivity contribution in [2.75, 3.05) is 78.3 Å². The maximum atomic E-state index is 14.9. The molecule has 1 aliphatic rings. The molecule has 0 saturated carbocycles. The number of halogens is 1. The lowest BCUT2D eigenvalue weighted by atomic mass is 9.84. The van der Waals surface area contributed by atoms with Crippen molar-refractivity contribution in [1.29, 1.82) is 0 Å². The molecule has 4 rings (SSSR count). The summed E-state index contributed by atoms with van der Waals surface area (Å²) < 4.78 is 65.0. The number of aromatic nitrogens is 1. The summed E-state index contributed by atoms with van der Waals surface area (Å²) in [6.45, 7) is 4.70. The Morgan fingerprint density at radius 3 is 1.85 bits per heavy atom. The highest BCUT2D eigenvalue weighted by Crippen LogP contribution is 2.25. The van der Waals surface area contributed by atoms with Gasteiger partial charge in [-0.15, -0.1) is 0 Å². The minimum atomic E-state index is -4.58. The molecule has 1 fully saturated rings. The van der Waals surface area contributed by atoms with E-state index in [9.17, 15) is 88.9 Å². The number of benzene rings is 2. The van der Waals surface area contributed by atoms with Crippen molar-refractivity contribution in [3.63, 3.8) is 0 Å². The molecule has 1 aromatic heterocycles. The van der Waals surface area contributed by atoms with Gasteiger partial charge in [0.25, 0.3) is 20.2 Å². The fraction of sp³-hybridized carbons (Fsp3) is 0.576. The number of nitrogens with zero attached hydrogens (tertiary/aromatic N) is 1. The minimum Gasteiger partial charge on any atom is -0.394 e. The largest absolute Gasteiger partial charge is 0.394 e. The first-order valence-corrected chi connectivity index (χ1v) is 37.3. The Bertz CT molecular complexity index is 3540. The zero-order chi connectivity index (χ0) is 75.7. The van der Waals surface area contributed by atoms with E-state index in [-0.39, 0.29) is 64.0 Å². The van der Waals surface area contributed by atoms with Crippen LogP contribution < -0.4 is 69.1 Å². The molecular formula is C66H99ClN14O19S2. The maximum Gasteiger partial charge on any atom is 0.278 e. The number of rotatable bonds is 36. The van der Waals surface area contributed by atoms with Crippen LogP contribution in [0.25, 0.3) is 11.3 Å². The Balaban J connectivity index is 1.76. The molecule has 36 heteroatoms.